The lowest BCUT2D eigenvalue weighted by atomic mass is 10.2. The van der Waals surface area contributed by atoms with E-state index in [4.69, 9.17) is 11.6 Å². The molecule has 0 atom stereocenters. The molecular formula is C7H4Br3Cl. The fourth-order valence-corrected chi connectivity index (χ4v) is 2.10. The van der Waals surface area contributed by atoms with E-state index in [9.17, 15) is 0 Å². The molecule has 0 fully saturated rings. The fraction of sp³-hybridized carbons (Fsp3) is 0.143. The Kier molecular flexibility index (Phi) is 3.89. The molecule has 0 bridgehead atoms. The van der Waals surface area contributed by atoms with E-state index in [-0.39, 0.29) is 0 Å². The third-order valence-corrected chi connectivity index (χ3v) is 4.38. The van der Waals surface area contributed by atoms with E-state index in [0.29, 0.717) is 0 Å². The first-order chi connectivity index (χ1) is 5.15. The van der Waals surface area contributed by atoms with Gasteiger partial charge in [-0.25, -0.2) is 0 Å². The van der Waals surface area contributed by atoms with Crippen LogP contribution in [0, 0.1) is 0 Å². The summed E-state index contributed by atoms with van der Waals surface area (Å²) in [6.45, 7) is 0. The van der Waals surface area contributed by atoms with Crippen LogP contribution in [0.3, 0.4) is 0 Å². The van der Waals surface area contributed by atoms with Crippen molar-refractivity contribution >= 4 is 59.4 Å². The van der Waals surface area contributed by atoms with Crippen molar-refractivity contribution in [3.8, 4) is 0 Å². The molecule has 0 aliphatic heterocycles. The average Bonchev–Trinajstić information content (AvgIpc) is 1.99. The molecule has 60 valence electrons. The van der Waals surface area contributed by atoms with E-state index < -0.39 is 0 Å². The highest BCUT2D eigenvalue weighted by molar-refractivity contribution is 9.13. The van der Waals surface area contributed by atoms with Crippen molar-refractivity contribution in [2.75, 3.05) is 0 Å². The lowest BCUT2D eigenvalue weighted by Crippen LogP contribution is -1.79. The predicted octanol–water partition coefficient (Wildman–Crippen LogP) is 4.76. The van der Waals surface area contributed by atoms with E-state index >= 15 is 0 Å². The number of hydrogen-bond acceptors (Lipinski definition) is 0. The Morgan fingerprint density at radius 1 is 1.27 bits per heavy atom. The van der Waals surface area contributed by atoms with Gasteiger partial charge in [-0.3, -0.25) is 0 Å². The molecule has 11 heavy (non-hydrogen) atoms. The monoisotopic (exact) mass is 360 g/mol. The summed E-state index contributed by atoms with van der Waals surface area (Å²) in [5.41, 5.74) is 1.16. The second-order valence-electron chi connectivity index (χ2n) is 2.01. The van der Waals surface area contributed by atoms with Crippen LogP contribution in [0.4, 0.5) is 0 Å². The minimum absolute atomic E-state index is 0.730. The maximum atomic E-state index is 5.90. The van der Waals surface area contributed by atoms with Crippen LogP contribution >= 0.6 is 59.4 Å². The van der Waals surface area contributed by atoms with Crippen molar-refractivity contribution in [3.05, 3.63) is 31.7 Å². The van der Waals surface area contributed by atoms with Crippen LogP contribution < -0.4 is 0 Å². The minimum atomic E-state index is 0.730. The largest absolute Gasteiger partial charge is 0.0876 e. The van der Waals surface area contributed by atoms with Gasteiger partial charge >= 0.3 is 0 Å². The standard InChI is InChI=1S/C7H4Br3Cl/c8-3-4-1-5(9)7(10)6(11)2-4/h1-2H,3H2. The summed E-state index contributed by atoms with van der Waals surface area (Å²) < 4.78 is 1.89. The average molecular weight is 363 g/mol. The molecule has 0 amide bonds. The van der Waals surface area contributed by atoms with Crippen molar-refractivity contribution in [2.24, 2.45) is 0 Å². The minimum Gasteiger partial charge on any atom is -0.0876 e. The fourth-order valence-electron chi connectivity index (χ4n) is 0.685. The summed E-state index contributed by atoms with van der Waals surface area (Å²) in [5.74, 6) is 0. The number of hydrogen-bond donors (Lipinski definition) is 0. The highest BCUT2D eigenvalue weighted by atomic mass is 79.9. The molecule has 0 spiro atoms. The van der Waals surface area contributed by atoms with Crippen LogP contribution in [0.1, 0.15) is 5.56 Å². The molecule has 1 aromatic carbocycles. The molecule has 0 saturated carbocycles. The normalized spacial score (nSPS) is 10.2. The SMILES string of the molecule is Clc1cc(CBr)cc(Br)c1Br. The van der Waals surface area contributed by atoms with E-state index in [1.165, 1.54) is 0 Å². The highest BCUT2D eigenvalue weighted by Crippen LogP contribution is 2.32. The Morgan fingerprint density at radius 3 is 2.36 bits per heavy atom. The molecule has 0 saturated heterocycles. The summed E-state index contributed by atoms with van der Waals surface area (Å²) in [6.07, 6.45) is 0. The van der Waals surface area contributed by atoms with Crippen LogP contribution in [0.15, 0.2) is 21.1 Å². The van der Waals surface area contributed by atoms with E-state index in [1.807, 2.05) is 12.1 Å². The summed E-state index contributed by atoms with van der Waals surface area (Å²) in [4.78, 5) is 0. The second-order valence-corrected chi connectivity index (χ2v) is 4.62. The van der Waals surface area contributed by atoms with Gasteiger partial charge in [0, 0.05) is 9.80 Å². The summed E-state index contributed by atoms with van der Waals surface area (Å²) >= 11 is 16.0. The topological polar surface area (TPSA) is 0 Å². The first-order valence-electron chi connectivity index (χ1n) is 2.84. The Morgan fingerprint density at radius 2 is 1.91 bits per heavy atom. The molecule has 0 heterocycles. The first-order valence-corrected chi connectivity index (χ1v) is 5.93. The van der Waals surface area contributed by atoms with Crippen molar-refractivity contribution < 1.29 is 0 Å². The van der Waals surface area contributed by atoms with E-state index in [0.717, 1.165) is 24.9 Å². The van der Waals surface area contributed by atoms with Crippen LogP contribution in [0.25, 0.3) is 0 Å². The third kappa shape index (κ3) is 2.44. The van der Waals surface area contributed by atoms with Gasteiger partial charge in [-0.1, -0.05) is 27.5 Å². The smallest absolute Gasteiger partial charge is 0.0562 e. The first kappa shape index (κ1) is 10.0. The van der Waals surface area contributed by atoms with E-state index in [1.54, 1.807) is 0 Å². The molecule has 0 aromatic heterocycles. The van der Waals surface area contributed by atoms with Gasteiger partial charge in [0.05, 0.1) is 9.50 Å². The van der Waals surface area contributed by atoms with Gasteiger partial charge in [0.15, 0.2) is 0 Å². The lowest BCUT2D eigenvalue weighted by Gasteiger charge is -2.01. The van der Waals surface area contributed by atoms with Crippen LogP contribution in [-0.2, 0) is 5.33 Å². The van der Waals surface area contributed by atoms with Gasteiger partial charge in [-0.15, -0.1) is 0 Å². The zero-order chi connectivity index (χ0) is 8.43. The third-order valence-electron chi connectivity index (χ3n) is 1.20. The summed E-state index contributed by atoms with van der Waals surface area (Å²) in [7, 11) is 0. The van der Waals surface area contributed by atoms with Crippen LogP contribution in [-0.4, -0.2) is 0 Å². The Hall–Kier alpha value is 0.950. The van der Waals surface area contributed by atoms with Crippen LogP contribution in [0.5, 0.6) is 0 Å². The zero-order valence-corrected chi connectivity index (χ0v) is 10.9. The second kappa shape index (κ2) is 4.26. The summed E-state index contributed by atoms with van der Waals surface area (Å²) in [6, 6.07) is 3.94. The number of rotatable bonds is 1. The molecule has 0 N–H and O–H groups in total. The van der Waals surface area contributed by atoms with Gasteiger partial charge in [0.25, 0.3) is 0 Å². The summed E-state index contributed by atoms with van der Waals surface area (Å²) in [5, 5.41) is 1.55. The number of benzene rings is 1. The molecule has 0 unspecified atom stereocenters. The molecule has 0 aliphatic rings. The van der Waals surface area contributed by atoms with Crippen molar-refractivity contribution in [1.29, 1.82) is 0 Å². The zero-order valence-electron chi connectivity index (χ0n) is 5.37. The molecule has 1 rings (SSSR count). The van der Waals surface area contributed by atoms with Crippen molar-refractivity contribution in [2.45, 2.75) is 5.33 Å². The van der Waals surface area contributed by atoms with Crippen molar-refractivity contribution in [3.63, 3.8) is 0 Å². The molecule has 4 heteroatoms. The Balaban J connectivity index is 3.21. The molecule has 0 aliphatic carbocycles. The number of alkyl halides is 1. The lowest BCUT2D eigenvalue weighted by molar-refractivity contribution is 1.40. The van der Waals surface area contributed by atoms with Gasteiger partial charge in [-0.05, 0) is 49.6 Å². The number of halogens is 4. The van der Waals surface area contributed by atoms with Gasteiger partial charge < -0.3 is 0 Å². The van der Waals surface area contributed by atoms with Gasteiger partial charge in [-0.2, -0.15) is 0 Å². The quantitative estimate of drug-likeness (QED) is 0.499. The molecule has 0 radical (unpaired) electrons. The maximum absolute atomic E-state index is 5.90. The predicted molar refractivity (Wildman–Crippen MR) is 59.5 cm³/mol. The molecule has 1 aromatic rings. The van der Waals surface area contributed by atoms with Gasteiger partial charge in [0.2, 0.25) is 0 Å². The van der Waals surface area contributed by atoms with Gasteiger partial charge in [0.1, 0.15) is 0 Å². The molecular weight excluding hydrogens is 359 g/mol. The Bertz CT molecular complexity index is 249. The molecule has 0 nitrogen and oxygen atoms in total. The van der Waals surface area contributed by atoms with Crippen molar-refractivity contribution in [1.82, 2.24) is 0 Å². The Labute approximate surface area is 95.7 Å². The van der Waals surface area contributed by atoms with Crippen LogP contribution in [0.2, 0.25) is 5.02 Å². The maximum Gasteiger partial charge on any atom is 0.0562 e. The van der Waals surface area contributed by atoms with E-state index in [2.05, 4.69) is 47.8 Å². The highest BCUT2D eigenvalue weighted by Gasteiger charge is 2.03.